The average Bonchev–Trinajstić information content (AvgIpc) is 2.78. The second-order valence-electron chi connectivity index (χ2n) is 9.25. The number of halogens is 4. The number of nitrogens with one attached hydrogen (secondary N) is 4. The van der Waals surface area contributed by atoms with E-state index in [2.05, 4.69) is 34.7 Å². The van der Waals surface area contributed by atoms with E-state index in [1.807, 2.05) is 13.8 Å². The zero-order chi connectivity index (χ0) is 27.5. The van der Waals surface area contributed by atoms with Crippen molar-refractivity contribution >= 4 is 28.5 Å². The first kappa shape index (κ1) is 32.0. The second kappa shape index (κ2) is 15.3. The van der Waals surface area contributed by atoms with Gasteiger partial charge in [0.25, 0.3) is 0 Å². The molecule has 0 aliphatic heterocycles. The molecule has 36 heavy (non-hydrogen) atoms. The Morgan fingerprint density at radius 3 is 2.11 bits per heavy atom. The normalized spacial score (nSPS) is 11.9. The number of amides is 1. The van der Waals surface area contributed by atoms with Gasteiger partial charge in [-0.25, -0.2) is 17.6 Å². The predicted octanol–water partition coefficient (Wildman–Crippen LogP) is 3.47. The van der Waals surface area contributed by atoms with E-state index in [4.69, 9.17) is 5.41 Å². The highest BCUT2D eigenvalue weighted by atomic mass is 32.2. The summed E-state index contributed by atoms with van der Waals surface area (Å²) < 4.78 is 54.0. The number of nitrogens with zero attached hydrogens (tertiary/aromatic N) is 1. The van der Waals surface area contributed by atoms with Gasteiger partial charge in [-0.2, -0.15) is 0 Å². The second-order valence-corrected chi connectivity index (χ2v) is 10.3. The van der Waals surface area contributed by atoms with Crippen molar-refractivity contribution in [3.63, 3.8) is 0 Å². The lowest BCUT2D eigenvalue weighted by Crippen LogP contribution is -2.49. The van der Waals surface area contributed by atoms with Crippen molar-refractivity contribution in [2.75, 3.05) is 39.3 Å². The number of carbonyl (C=O) groups is 2. The lowest BCUT2D eigenvalue weighted by molar-refractivity contribution is -0.123. The van der Waals surface area contributed by atoms with Gasteiger partial charge in [0.1, 0.15) is 0 Å². The quantitative estimate of drug-likeness (QED) is 0.112. The maximum absolute atomic E-state index is 13.7. The van der Waals surface area contributed by atoms with Gasteiger partial charge in [-0.3, -0.25) is 14.5 Å². The molecule has 0 unspecified atom stereocenters. The summed E-state index contributed by atoms with van der Waals surface area (Å²) in [4.78, 5) is 25.3. The van der Waals surface area contributed by atoms with Gasteiger partial charge in [0.2, 0.25) is 5.91 Å². The Morgan fingerprint density at radius 2 is 1.56 bits per heavy atom. The Balaban J connectivity index is 2.50. The van der Waals surface area contributed by atoms with E-state index in [0.29, 0.717) is 37.9 Å². The van der Waals surface area contributed by atoms with E-state index in [1.165, 1.54) is 0 Å². The molecule has 4 N–H and O–H groups in total. The number of rotatable bonds is 16. The van der Waals surface area contributed by atoms with Crippen LogP contribution in [0.3, 0.4) is 0 Å². The Labute approximate surface area is 214 Å². The summed E-state index contributed by atoms with van der Waals surface area (Å²) in [7, 11) is 0. The Morgan fingerprint density at radius 1 is 1.00 bits per heavy atom. The summed E-state index contributed by atoms with van der Waals surface area (Å²) in [6.45, 7) is 13.5. The summed E-state index contributed by atoms with van der Waals surface area (Å²) in [6.07, 6.45) is -0.576. The van der Waals surface area contributed by atoms with Crippen LogP contribution in [0.15, 0.2) is 11.0 Å². The summed E-state index contributed by atoms with van der Waals surface area (Å²) >= 11 is 0.0340. The average molecular weight is 536 g/mol. The maximum atomic E-state index is 13.7. The van der Waals surface area contributed by atoms with Crippen molar-refractivity contribution in [3.8, 4) is 0 Å². The van der Waals surface area contributed by atoms with Gasteiger partial charge >= 0.3 is 0 Å². The van der Waals surface area contributed by atoms with E-state index >= 15 is 0 Å². The lowest BCUT2D eigenvalue weighted by Gasteiger charge is -2.28. The van der Waals surface area contributed by atoms with Crippen molar-refractivity contribution < 1.29 is 27.2 Å². The molecule has 0 heterocycles. The van der Waals surface area contributed by atoms with Crippen LogP contribution in [0.5, 0.6) is 0 Å². The minimum absolute atomic E-state index is 0.0340. The Kier molecular flexibility index (Phi) is 13.6. The van der Waals surface area contributed by atoms with Crippen LogP contribution in [0, 0.1) is 28.7 Å². The summed E-state index contributed by atoms with van der Waals surface area (Å²) in [5.74, 6) is -6.90. The molecule has 1 rings (SSSR count). The summed E-state index contributed by atoms with van der Waals surface area (Å²) in [5, 5.41) is 16.5. The number of hydrogen-bond donors (Lipinski definition) is 4. The largest absolute Gasteiger partial charge is 0.355 e. The number of carbonyl (C=O) groups excluding carboxylic acids is 2. The molecule has 12 heteroatoms. The summed E-state index contributed by atoms with van der Waals surface area (Å²) in [6, 6.07) is 0.408. The molecular weight excluding hydrogens is 498 g/mol. The highest BCUT2D eigenvalue weighted by Crippen LogP contribution is 2.30. The van der Waals surface area contributed by atoms with Crippen LogP contribution in [-0.4, -0.2) is 72.5 Å². The van der Waals surface area contributed by atoms with Crippen molar-refractivity contribution in [1.29, 1.82) is 5.41 Å². The molecule has 0 bridgehead atoms. The molecule has 0 aromatic heterocycles. The SMILES string of the molecule is CC(=N)C(C)(C)NCCN(CCNC(=O)CCC(=O)Sc1c(F)c(F)cc(F)c1F)CCNC(C)C. The van der Waals surface area contributed by atoms with Gasteiger partial charge in [-0.1, -0.05) is 13.8 Å². The molecule has 0 spiro atoms. The number of thioether (sulfide) groups is 1. The molecule has 0 fully saturated rings. The van der Waals surface area contributed by atoms with Crippen molar-refractivity contribution in [2.24, 2.45) is 0 Å². The third-order valence-electron chi connectivity index (χ3n) is 5.51. The smallest absolute Gasteiger partial charge is 0.220 e. The van der Waals surface area contributed by atoms with Crippen LogP contribution in [0.4, 0.5) is 17.6 Å². The van der Waals surface area contributed by atoms with Crippen LogP contribution < -0.4 is 16.0 Å². The van der Waals surface area contributed by atoms with Crippen LogP contribution in [-0.2, 0) is 9.59 Å². The fraction of sp³-hybridized carbons (Fsp3) is 0.625. The first-order valence-corrected chi connectivity index (χ1v) is 12.6. The standard InChI is InChI=1S/C24H37F4N5O2S/c1-15(2)30-8-11-33(13-10-32-24(4,5)16(3)29)12-9-31-19(34)6-7-20(35)36-23-21(27)17(25)14-18(26)22(23)28/h14-15,29-30,32H,6-13H2,1-5H3,(H,31,34). The first-order chi connectivity index (χ1) is 16.7. The van der Waals surface area contributed by atoms with Crippen LogP contribution in [0.2, 0.25) is 0 Å². The number of benzene rings is 1. The minimum atomic E-state index is -1.64. The monoisotopic (exact) mass is 535 g/mol. The fourth-order valence-electron chi connectivity index (χ4n) is 2.97. The molecule has 1 aromatic rings. The molecule has 0 atom stereocenters. The van der Waals surface area contributed by atoms with Crippen LogP contribution >= 0.6 is 11.8 Å². The lowest BCUT2D eigenvalue weighted by atomic mass is 10.00. The highest BCUT2D eigenvalue weighted by molar-refractivity contribution is 8.13. The van der Waals surface area contributed by atoms with Crippen molar-refractivity contribution in [1.82, 2.24) is 20.9 Å². The molecule has 0 radical (unpaired) electrons. The summed E-state index contributed by atoms with van der Waals surface area (Å²) in [5.41, 5.74) is 0.118. The highest BCUT2D eigenvalue weighted by Gasteiger charge is 2.23. The first-order valence-electron chi connectivity index (χ1n) is 11.8. The topological polar surface area (TPSA) is 97.3 Å². The van der Waals surface area contributed by atoms with Gasteiger partial charge in [-0.05, 0) is 32.5 Å². The van der Waals surface area contributed by atoms with Gasteiger partial charge in [-0.15, -0.1) is 0 Å². The van der Waals surface area contributed by atoms with E-state index in [9.17, 15) is 27.2 Å². The molecule has 0 aliphatic rings. The molecular formula is C24H37F4N5O2S. The predicted molar refractivity (Wildman–Crippen MR) is 134 cm³/mol. The molecule has 0 aliphatic carbocycles. The zero-order valence-corrected chi connectivity index (χ0v) is 22.3. The van der Waals surface area contributed by atoms with Gasteiger partial charge < -0.3 is 21.4 Å². The van der Waals surface area contributed by atoms with Gasteiger partial charge in [0, 0.05) is 69.9 Å². The van der Waals surface area contributed by atoms with E-state index in [1.54, 1.807) is 6.92 Å². The van der Waals surface area contributed by atoms with E-state index in [0.717, 1.165) is 13.1 Å². The molecule has 204 valence electrons. The van der Waals surface area contributed by atoms with Crippen LogP contribution in [0.25, 0.3) is 0 Å². The molecule has 0 saturated heterocycles. The third kappa shape index (κ3) is 11.4. The third-order valence-corrected chi connectivity index (χ3v) is 6.50. The van der Waals surface area contributed by atoms with Crippen LogP contribution in [0.1, 0.15) is 47.5 Å². The Bertz CT molecular complexity index is 889. The molecule has 0 saturated carbocycles. The van der Waals surface area contributed by atoms with Crippen molar-refractivity contribution in [2.45, 2.75) is 63.9 Å². The fourth-order valence-corrected chi connectivity index (χ4v) is 3.77. The zero-order valence-electron chi connectivity index (χ0n) is 21.5. The molecule has 1 aromatic carbocycles. The maximum Gasteiger partial charge on any atom is 0.220 e. The van der Waals surface area contributed by atoms with E-state index < -0.39 is 44.7 Å². The van der Waals surface area contributed by atoms with E-state index in [-0.39, 0.29) is 30.7 Å². The minimum Gasteiger partial charge on any atom is -0.355 e. The molecule has 7 nitrogen and oxygen atoms in total. The molecule has 1 amide bonds. The number of hydrogen-bond acceptors (Lipinski definition) is 7. The van der Waals surface area contributed by atoms with Crippen molar-refractivity contribution in [3.05, 3.63) is 29.3 Å². The van der Waals surface area contributed by atoms with Gasteiger partial charge in [0.05, 0.1) is 10.4 Å². The van der Waals surface area contributed by atoms with Gasteiger partial charge in [0.15, 0.2) is 28.4 Å². The Hall–Kier alpha value is -2.02.